The summed E-state index contributed by atoms with van der Waals surface area (Å²) < 4.78 is 16.5. The SMILES string of the molecule is COC(=O)[C@H]1[C@H](OC)[C@@H](OC)C[C@@H]1P(c1ccccc1)c1ccccc1. The van der Waals surface area contributed by atoms with Gasteiger partial charge in [-0.25, -0.2) is 0 Å². The van der Waals surface area contributed by atoms with Crippen LogP contribution in [0, 0.1) is 5.92 Å². The van der Waals surface area contributed by atoms with Gasteiger partial charge in [0.15, 0.2) is 0 Å². The molecule has 0 aliphatic heterocycles. The number of ether oxygens (including phenoxy) is 3. The van der Waals surface area contributed by atoms with Crippen LogP contribution in [0.15, 0.2) is 60.7 Å². The van der Waals surface area contributed by atoms with Crippen LogP contribution in [0.1, 0.15) is 6.42 Å². The average molecular weight is 372 g/mol. The summed E-state index contributed by atoms with van der Waals surface area (Å²) >= 11 is 0. The van der Waals surface area contributed by atoms with E-state index in [1.165, 1.54) is 17.7 Å². The van der Waals surface area contributed by atoms with Gasteiger partial charge in [0.2, 0.25) is 0 Å². The minimum Gasteiger partial charge on any atom is -0.469 e. The molecule has 0 saturated heterocycles. The summed E-state index contributed by atoms with van der Waals surface area (Å²) in [7, 11) is 4.01. The Hall–Kier alpha value is -1.74. The van der Waals surface area contributed by atoms with Crippen LogP contribution in [-0.2, 0) is 19.0 Å². The third-order valence-corrected chi connectivity index (χ3v) is 7.96. The van der Waals surface area contributed by atoms with E-state index in [1.807, 2.05) is 12.1 Å². The first kappa shape index (κ1) is 19.0. The number of rotatable bonds is 6. The fourth-order valence-electron chi connectivity index (χ4n) is 3.90. The Labute approximate surface area is 156 Å². The molecule has 1 fully saturated rings. The van der Waals surface area contributed by atoms with Gasteiger partial charge in [-0.1, -0.05) is 60.7 Å². The zero-order valence-corrected chi connectivity index (χ0v) is 16.3. The minimum absolute atomic E-state index is 0.0946. The van der Waals surface area contributed by atoms with E-state index in [-0.39, 0.29) is 29.8 Å². The average Bonchev–Trinajstić information content (AvgIpc) is 3.07. The lowest BCUT2D eigenvalue weighted by atomic mass is 10.1. The van der Waals surface area contributed by atoms with Gasteiger partial charge in [-0.3, -0.25) is 4.79 Å². The van der Waals surface area contributed by atoms with Crippen LogP contribution in [0.3, 0.4) is 0 Å². The van der Waals surface area contributed by atoms with Crippen molar-refractivity contribution in [2.45, 2.75) is 24.3 Å². The van der Waals surface area contributed by atoms with Gasteiger partial charge in [0.1, 0.15) is 0 Å². The molecule has 4 nitrogen and oxygen atoms in total. The molecule has 0 bridgehead atoms. The molecule has 0 spiro atoms. The Kier molecular flexibility index (Phi) is 6.42. The van der Waals surface area contributed by atoms with Crippen LogP contribution in [-0.4, -0.2) is 45.2 Å². The number of carbonyl (C=O) groups excluding carboxylic acids is 1. The van der Waals surface area contributed by atoms with E-state index in [0.717, 1.165) is 6.42 Å². The first-order valence-electron chi connectivity index (χ1n) is 8.74. The normalized spacial score (nSPS) is 25.4. The summed E-state index contributed by atoms with van der Waals surface area (Å²) in [5.41, 5.74) is 0.0946. The number of hydrogen-bond donors (Lipinski definition) is 0. The van der Waals surface area contributed by atoms with E-state index >= 15 is 0 Å². The standard InChI is InChI=1S/C21H25O4P/c1-23-17-14-18(19(20(17)24-2)21(22)25-3)26(15-10-6-4-7-11-15)16-12-8-5-9-13-16/h4-13,17-20H,14H2,1-3H3/t17-,18-,19+,20+/m0/s1. The van der Waals surface area contributed by atoms with Crippen molar-refractivity contribution in [3.8, 4) is 0 Å². The predicted molar refractivity (Wildman–Crippen MR) is 105 cm³/mol. The van der Waals surface area contributed by atoms with E-state index < -0.39 is 7.92 Å². The fraction of sp³-hybridized carbons (Fsp3) is 0.381. The van der Waals surface area contributed by atoms with Gasteiger partial charge in [0, 0.05) is 19.9 Å². The number of benzene rings is 2. The maximum atomic E-state index is 12.7. The van der Waals surface area contributed by atoms with Crippen LogP contribution >= 0.6 is 7.92 Å². The summed E-state index contributed by atoms with van der Waals surface area (Å²) in [6, 6.07) is 20.8. The van der Waals surface area contributed by atoms with Crippen molar-refractivity contribution in [1.82, 2.24) is 0 Å². The quantitative estimate of drug-likeness (QED) is 0.578. The van der Waals surface area contributed by atoms with Crippen molar-refractivity contribution in [2.24, 2.45) is 5.92 Å². The largest absolute Gasteiger partial charge is 0.469 e. The Balaban J connectivity index is 2.08. The Morgan fingerprint density at radius 3 is 1.85 bits per heavy atom. The number of carbonyl (C=O) groups is 1. The van der Waals surface area contributed by atoms with E-state index in [1.54, 1.807) is 14.2 Å². The molecule has 0 amide bonds. The Morgan fingerprint density at radius 1 is 0.885 bits per heavy atom. The van der Waals surface area contributed by atoms with Gasteiger partial charge in [-0.2, -0.15) is 0 Å². The topological polar surface area (TPSA) is 44.8 Å². The summed E-state index contributed by atoms with van der Waals surface area (Å²) in [4.78, 5) is 12.7. The molecule has 1 saturated carbocycles. The van der Waals surface area contributed by atoms with Crippen molar-refractivity contribution in [1.29, 1.82) is 0 Å². The van der Waals surface area contributed by atoms with Crippen molar-refractivity contribution in [3.63, 3.8) is 0 Å². The van der Waals surface area contributed by atoms with E-state index in [2.05, 4.69) is 48.5 Å². The Bertz CT molecular complexity index is 667. The summed E-state index contributed by atoms with van der Waals surface area (Å²) in [6.07, 6.45) is 0.353. The molecule has 1 aliphatic rings. The van der Waals surface area contributed by atoms with Crippen LogP contribution in [0.5, 0.6) is 0 Å². The molecular weight excluding hydrogens is 347 g/mol. The number of esters is 1. The van der Waals surface area contributed by atoms with Crippen LogP contribution < -0.4 is 10.6 Å². The monoisotopic (exact) mass is 372 g/mol. The highest BCUT2D eigenvalue weighted by atomic mass is 31.1. The first-order valence-corrected chi connectivity index (χ1v) is 10.1. The maximum absolute atomic E-state index is 12.7. The Morgan fingerprint density at radius 2 is 1.42 bits per heavy atom. The molecule has 0 heterocycles. The molecule has 26 heavy (non-hydrogen) atoms. The second-order valence-corrected chi connectivity index (χ2v) is 8.80. The van der Waals surface area contributed by atoms with Crippen molar-refractivity contribution in [2.75, 3.05) is 21.3 Å². The molecule has 0 radical (unpaired) electrons. The van der Waals surface area contributed by atoms with Crippen molar-refractivity contribution >= 4 is 24.5 Å². The highest BCUT2D eigenvalue weighted by molar-refractivity contribution is 7.73. The van der Waals surface area contributed by atoms with Gasteiger partial charge in [-0.05, 0) is 25.0 Å². The predicted octanol–water partition coefficient (Wildman–Crippen LogP) is 2.71. The van der Waals surface area contributed by atoms with Gasteiger partial charge < -0.3 is 14.2 Å². The van der Waals surface area contributed by atoms with Gasteiger partial charge in [-0.15, -0.1) is 0 Å². The van der Waals surface area contributed by atoms with Crippen molar-refractivity contribution < 1.29 is 19.0 Å². The van der Waals surface area contributed by atoms with Crippen LogP contribution in [0.2, 0.25) is 0 Å². The van der Waals surface area contributed by atoms with Gasteiger partial charge >= 0.3 is 5.97 Å². The van der Waals surface area contributed by atoms with Crippen LogP contribution in [0.4, 0.5) is 0 Å². The molecule has 2 aromatic rings. The molecule has 0 N–H and O–H groups in total. The number of hydrogen-bond acceptors (Lipinski definition) is 4. The zero-order valence-electron chi connectivity index (χ0n) is 15.4. The summed E-state index contributed by atoms with van der Waals surface area (Å²) in [5.74, 6) is -0.567. The smallest absolute Gasteiger partial charge is 0.312 e. The zero-order chi connectivity index (χ0) is 18.5. The van der Waals surface area contributed by atoms with Gasteiger partial charge in [0.05, 0.1) is 25.2 Å². The third-order valence-electron chi connectivity index (χ3n) is 5.06. The van der Waals surface area contributed by atoms with E-state index in [0.29, 0.717) is 0 Å². The second kappa shape index (κ2) is 8.77. The summed E-state index contributed by atoms with van der Waals surface area (Å²) in [6.45, 7) is 0. The van der Waals surface area contributed by atoms with E-state index in [9.17, 15) is 4.79 Å². The fourth-order valence-corrected chi connectivity index (χ4v) is 6.98. The molecule has 0 aromatic heterocycles. The molecule has 5 heteroatoms. The highest BCUT2D eigenvalue weighted by Gasteiger charge is 2.51. The second-order valence-electron chi connectivity index (χ2n) is 6.37. The molecule has 138 valence electrons. The first-order chi connectivity index (χ1) is 12.7. The maximum Gasteiger partial charge on any atom is 0.312 e. The van der Waals surface area contributed by atoms with Crippen LogP contribution in [0.25, 0.3) is 0 Å². The lowest BCUT2D eigenvalue weighted by molar-refractivity contribution is -0.151. The molecule has 0 unspecified atom stereocenters. The number of methoxy groups -OCH3 is 3. The summed E-state index contributed by atoms with van der Waals surface area (Å²) in [5, 5.41) is 2.50. The molecule has 1 aliphatic carbocycles. The third kappa shape index (κ3) is 3.68. The molecule has 2 aromatic carbocycles. The molecule has 3 rings (SSSR count). The van der Waals surface area contributed by atoms with Crippen molar-refractivity contribution in [3.05, 3.63) is 60.7 Å². The molecule has 4 atom stereocenters. The molecular formula is C21H25O4P. The van der Waals surface area contributed by atoms with Gasteiger partial charge in [0.25, 0.3) is 0 Å². The van der Waals surface area contributed by atoms with E-state index in [4.69, 9.17) is 14.2 Å². The lowest BCUT2D eigenvalue weighted by Crippen LogP contribution is -2.38. The minimum atomic E-state index is -0.755. The lowest BCUT2D eigenvalue weighted by Gasteiger charge is -2.30. The highest BCUT2D eigenvalue weighted by Crippen LogP contribution is 2.51.